The molecule has 1 saturated heterocycles. The Morgan fingerprint density at radius 2 is 1.96 bits per heavy atom. The van der Waals surface area contributed by atoms with Crippen LogP contribution in [0.1, 0.15) is 40.2 Å². The minimum absolute atomic E-state index is 0.234. The van der Waals surface area contributed by atoms with Crippen molar-refractivity contribution >= 4 is 13.2 Å². The van der Waals surface area contributed by atoms with E-state index in [1.165, 1.54) is 10.6 Å². The van der Waals surface area contributed by atoms with Gasteiger partial charge in [0.15, 0.2) is 0 Å². The summed E-state index contributed by atoms with van der Waals surface area (Å²) in [4.78, 5) is 12.3. The van der Waals surface area contributed by atoms with Gasteiger partial charge in [0.25, 0.3) is 5.56 Å². The molecule has 6 heteroatoms. The summed E-state index contributed by atoms with van der Waals surface area (Å²) < 4.78 is 27.2. The van der Waals surface area contributed by atoms with E-state index < -0.39 is 24.0 Å². The van der Waals surface area contributed by atoms with Crippen LogP contribution in [-0.4, -0.2) is 22.9 Å². The Morgan fingerprint density at radius 3 is 2.52 bits per heavy atom. The summed E-state index contributed by atoms with van der Waals surface area (Å²) in [5.74, 6) is 5.54. The third kappa shape index (κ3) is 3.57. The Balaban J connectivity index is 2.29. The molecule has 0 radical (unpaired) electrons. The van der Waals surface area contributed by atoms with Gasteiger partial charge in [-0.15, -0.1) is 5.92 Å². The molecule has 0 amide bonds. The summed E-state index contributed by atoms with van der Waals surface area (Å²) in [6.07, 6.45) is 2.79. The average molecular weight is 317 g/mol. The third-order valence-corrected chi connectivity index (χ3v) is 4.25. The second-order valence-corrected chi connectivity index (χ2v) is 6.44. The number of hydrogen-bond acceptors (Lipinski definition) is 3. The van der Waals surface area contributed by atoms with E-state index >= 15 is 0 Å². The molecule has 0 saturated carbocycles. The normalized spacial score (nSPS) is 19.4. The Kier molecular flexibility index (Phi) is 4.83. The highest BCUT2D eigenvalue weighted by atomic mass is 19.1. The monoisotopic (exact) mass is 317 g/mol. The zero-order chi connectivity index (χ0) is 17.3. The smallest absolute Gasteiger partial charge is 0.398 e. The fourth-order valence-electron chi connectivity index (χ4n) is 2.13. The number of rotatable bonds is 3. The maximum Gasteiger partial charge on any atom is 0.525 e. The lowest BCUT2D eigenvalue weighted by molar-refractivity contribution is 0.00578. The highest BCUT2D eigenvalue weighted by molar-refractivity contribution is 6.54. The first-order chi connectivity index (χ1) is 10.7. The summed E-state index contributed by atoms with van der Waals surface area (Å²) in [7, 11) is -1.11. The van der Waals surface area contributed by atoms with Crippen LogP contribution in [0.5, 0.6) is 0 Å². The summed E-state index contributed by atoms with van der Waals surface area (Å²) >= 11 is 0. The zero-order valence-electron chi connectivity index (χ0n) is 14.1. The van der Waals surface area contributed by atoms with E-state index in [-0.39, 0.29) is 17.7 Å². The molecule has 0 N–H and O–H groups in total. The van der Waals surface area contributed by atoms with Gasteiger partial charge in [-0.3, -0.25) is 4.79 Å². The molecule has 0 aromatic carbocycles. The number of hydrogen-bond donors (Lipinski definition) is 0. The fourth-order valence-corrected chi connectivity index (χ4v) is 2.13. The molecular formula is C17H21BFNO3. The van der Waals surface area contributed by atoms with Crippen LogP contribution in [0.15, 0.2) is 28.9 Å². The molecule has 1 aliphatic heterocycles. The standard InChI is InChI=1S/C17H21BFNO3/c1-6-7-10-20-11-8-9-13(15(20)21)12-14(19)18-22-16(2,3)17(4,5)23-18/h8-9,11-12H,10H2,1-5H3. The maximum atomic E-state index is 14.5. The van der Waals surface area contributed by atoms with Crippen molar-refractivity contribution in [2.45, 2.75) is 52.4 Å². The van der Waals surface area contributed by atoms with Crippen molar-refractivity contribution in [1.29, 1.82) is 0 Å². The van der Waals surface area contributed by atoms with Crippen molar-refractivity contribution in [3.63, 3.8) is 0 Å². The summed E-state index contributed by atoms with van der Waals surface area (Å²) in [6.45, 7) is 9.36. The minimum atomic E-state index is -1.11. The summed E-state index contributed by atoms with van der Waals surface area (Å²) in [5.41, 5.74) is -1.95. The lowest BCUT2D eigenvalue weighted by Crippen LogP contribution is -2.41. The van der Waals surface area contributed by atoms with Crippen LogP contribution in [0, 0.1) is 11.8 Å². The Hall–Kier alpha value is -1.84. The predicted octanol–water partition coefficient (Wildman–Crippen LogP) is 2.81. The van der Waals surface area contributed by atoms with E-state index in [0.29, 0.717) is 0 Å². The topological polar surface area (TPSA) is 40.5 Å². The fraction of sp³-hybridized carbons (Fsp3) is 0.471. The van der Waals surface area contributed by atoms with Crippen molar-refractivity contribution in [2.24, 2.45) is 0 Å². The van der Waals surface area contributed by atoms with Crippen LogP contribution in [0.2, 0.25) is 0 Å². The van der Waals surface area contributed by atoms with E-state index in [1.807, 2.05) is 27.7 Å². The Morgan fingerprint density at radius 1 is 1.35 bits per heavy atom. The van der Waals surface area contributed by atoms with E-state index in [2.05, 4.69) is 11.8 Å². The molecule has 2 rings (SSSR count). The second kappa shape index (κ2) is 6.35. The van der Waals surface area contributed by atoms with E-state index in [4.69, 9.17) is 9.31 Å². The quantitative estimate of drug-likeness (QED) is 0.636. The first kappa shape index (κ1) is 17.5. The molecule has 0 atom stereocenters. The van der Waals surface area contributed by atoms with Crippen molar-refractivity contribution in [1.82, 2.24) is 4.57 Å². The van der Waals surface area contributed by atoms with Crippen LogP contribution in [0.25, 0.3) is 6.08 Å². The van der Waals surface area contributed by atoms with E-state index in [0.717, 1.165) is 0 Å². The van der Waals surface area contributed by atoms with Crippen LogP contribution in [-0.2, 0) is 15.9 Å². The van der Waals surface area contributed by atoms with Gasteiger partial charge in [-0.1, -0.05) is 5.92 Å². The van der Waals surface area contributed by atoms with Gasteiger partial charge in [0, 0.05) is 11.8 Å². The Bertz CT molecular complexity index is 724. The largest absolute Gasteiger partial charge is 0.525 e. The number of halogens is 1. The summed E-state index contributed by atoms with van der Waals surface area (Å²) in [6, 6.07) is 3.24. The van der Waals surface area contributed by atoms with Crippen LogP contribution in [0.4, 0.5) is 4.39 Å². The first-order valence-electron chi connectivity index (χ1n) is 7.50. The zero-order valence-corrected chi connectivity index (χ0v) is 14.1. The lowest BCUT2D eigenvalue weighted by Gasteiger charge is -2.32. The SMILES string of the molecule is CC#CCn1cccc(C=C(F)B2OC(C)(C)C(C)(C)O2)c1=O. The average Bonchev–Trinajstić information content (AvgIpc) is 2.68. The highest BCUT2D eigenvalue weighted by Gasteiger charge is 2.53. The molecule has 1 aromatic rings. The van der Waals surface area contributed by atoms with Crippen LogP contribution in [0.3, 0.4) is 0 Å². The number of nitrogens with zero attached hydrogens (tertiary/aromatic N) is 1. The van der Waals surface area contributed by atoms with Gasteiger partial charge in [0.1, 0.15) is 5.73 Å². The van der Waals surface area contributed by atoms with E-state index in [1.54, 1.807) is 25.3 Å². The molecule has 2 heterocycles. The van der Waals surface area contributed by atoms with Gasteiger partial charge in [0.05, 0.1) is 17.7 Å². The van der Waals surface area contributed by atoms with Gasteiger partial charge >= 0.3 is 7.12 Å². The summed E-state index contributed by atoms with van der Waals surface area (Å²) in [5, 5.41) is 0. The van der Waals surface area contributed by atoms with Gasteiger partial charge in [-0.25, -0.2) is 4.39 Å². The van der Waals surface area contributed by atoms with Crippen molar-refractivity contribution in [2.75, 3.05) is 0 Å². The molecule has 1 aromatic heterocycles. The van der Waals surface area contributed by atoms with Gasteiger partial charge in [-0.2, -0.15) is 0 Å². The Labute approximate surface area is 136 Å². The van der Waals surface area contributed by atoms with Crippen LogP contribution < -0.4 is 5.56 Å². The number of pyridine rings is 1. The first-order valence-corrected chi connectivity index (χ1v) is 7.50. The molecule has 23 heavy (non-hydrogen) atoms. The molecule has 0 spiro atoms. The molecule has 1 aliphatic rings. The van der Waals surface area contributed by atoms with Crippen molar-refractivity contribution in [3.8, 4) is 11.8 Å². The van der Waals surface area contributed by atoms with Crippen LogP contribution >= 0.6 is 0 Å². The van der Waals surface area contributed by atoms with E-state index in [9.17, 15) is 9.18 Å². The van der Waals surface area contributed by atoms with Crippen molar-refractivity contribution < 1.29 is 13.7 Å². The second-order valence-electron chi connectivity index (χ2n) is 6.44. The molecular weight excluding hydrogens is 296 g/mol. The highest BCUT2D eigenvalue weighted by Crippen LogP contribution is 2.38. The lowest BCUT2D eigenvalue weighted by atomic mass is 9.87. The van der Waals surface area contributed by atoms with Gasteiger partial charge in [0.2, 0.25) is 0 Å². The van der Waals surface area contributed by atoms with Gasteiger partial charge < -0.3 is 13.9 Å². The molecule has 0 unspecified atom stereocenters. The molecule has 4 nitrogen and oxygen atoms in total. The molecule has 122 valence electrons. The number of aromatic nitrogens is 1. The van der Waals surface area contributed by atoms with Crippen molar-refractivity contribution in [3.05, 3.63) is 40.0 Å². The molecule has 0 bridgehead atoms. The van der Waals surface area contributed by atoms with Gasteiger partial charge in [-0.05, 0) is 52.8 Å². The minimum Gasteiger partial charge on any atom is -0.398 e. The molecule has 0 aliphatic carbocycles. The maximum absolute atomic E-state index is 14.5. The predicted molar refractivity (Wildman–Crippen MR) is 89.3 cm³/mol. The molecule has 1 fully saturated rings. The third-order valence-electron chi connectivity index (χ3n) is 4.25.